The number of rotatable bonds is 4. The average Bonchev–Trinajstić information content (AvgIpc) is 2.38. The van der Waals surface area contributed by atoms with E-state index in [1.165, 1.54) is 24.4 Å². The molecule has 0 unspecified atom stereocenters. The lowest BCUT2D eigenvalue weighted by atomic mass is 10.2. The second-order valence-corrected chi connectivity index (χ2v) is 5.84. The molecule has 0 atom stereocenters. The number of nitrogens with one attached hydrogen (secondary N) is 1. The van der Waals surface area contributed by atoms with Gasteiger partial charge in [0.1, 0.15) is 5.69 Å². The van der Waals surface area contributed by atoms with E-state index in [-0.39, 0.29) is 16.3 Å². The van der Waals surface area contributed by atoms with Crippen molar-refractivity contribution in [2.45, 2.75) is 11.8 Å². The third-order valence-electron chi connectivity index (χ3n) is 2.53. The Labute approximate surface area is 116 Å². The van der Waals surface area contributed by atoms with Crippen LogP contribution in [-0.4, -0.2) is 24.5 Å². The Morgan fingerprint density at radius 3 is 2.65 bits per heavy atom. The van der Waals surface area contributed by atoms with Gasteiger partial charge in [0, 0.05) is 6.20 Å². The Balaban J connectivity index is 2.33. The Morgan fingerprint density at radius 1 is 1.25 bits per heavy atom. The van der Waals surface area contributed by atoms with E-state index >= 15 is 0 Å². The summed E-state index contributed by atoms with van der Waals surface area (Å²) >= 11 is 0. The number of hydrogen-bond donors (Lipinski definition) is 2. The highest BCUT2D eigenvalue weighted by Crippen LogP contribution is 2.17. The fourth-order valence-electron chi connectivity index (χ4n) is 1.61. The Morgan fingerprint density at radius 2 is 2.00 bits per heavy atom. The Bertz CT molecular complexity index is 756. The second-order valence-electron chi connectivity index (χ2n) is 4.16. The molecular formula is C13H12N2O4S. The van der Waals surface area contributed by atoms with Crippen molar-refractivity contribution >= 4 is 21.7 Å². The van der Waals surface area contributed by atoms with Gasteiger partial charge < -0.3 is 5.11 Å². The molecule has 0 fully saturated rings. The molecule has 0 saturated heterocycles. The molecule has 1 aromatic carbocycles. The van der Waals surface area contributed by atoms with Crippen LogP contribution in [-0.2, 0) is 10.0 Å². The molecule has 1 heterocycles. The van der Waals surface area contributed by atoms with Crippen molar-refractivity contribution in [3.05, 3.63) is 53.9 Å². The lowest BCUT2D eigenvalue weighted by Crippen LogP contribution is -2.13. The summed E-state index contributed by atoms with van der Waals surface area (Å²) in [6.07, 6.45) is 1.23. The molecule has 0 aliphatic rings. The number of carbonyl (C=O) groups is 1. The molecule has 2 N–H and O–H groups in total. The number of carboxylic acids is 1. The highest BCUT2D eigenvalue weighted by Gasteiger charge is 2.15. The lowest BCUT2D eigenvalue weighted by Gasteiger charge is -2.08. The van der Waals surface area contributed by atoms with E-state index in [9.17, 15) is 13.2 Å². The maximum absolute atomic E-state index is 12.2. The topological polar surface area (TPSA) is 96.4 Å². The van der Waals surface area contributed by atoms with Crippen molar-refractivity contribution in [1.82, 2.24) is 4.98 Å². The molecule has 0 radical (unpaired) electrons. The Hall–Kier alpha value is -2.41. The van der Waals surface area contributed by atoms with Crippen LogP contribution in [0.1, 0.15) is 16.1 Å². The molecule has 0 amide bonds. The van der Waals surface area contributed by atoms with Crippen LogP contribution < -0.4 is 4.72 Å². The fourth-order valence-corrected chi connectivity index (χ4v) is 2.76. The largest absolute Gasteiger partial charge is 0.477 e. The van der Waals surface area contributed by atoms with Gasteiger partial charge in [0.2, 0.25) is 0 Å². The zero-order valence-corrected chi connectivity index (χ0v) is 11.4. The zero-order chi connectivity index (χ0) is 14.8. The molecular weight excluding hydrogens is 280 g/mol. The fraction of sp³-hybridized carbons (Fsp3) is 0.0769. The van der Waals surface area contributed by atoms with Crippen LogP contribution >= 0.6 is 0 Å². The van der Waals surface area contributed by atoms with Crippen molar-refractivity contribution in [3.8, 4) is 0 Å². The first kappa shape index (κ1) is 14.0. The highest BCUT2D eigenvalue weighted by atomic mass is 32.2. The summed E-state index contributed by atoms with van der Waals surface area (Å²) in [5.41, 5.74) is 0.738. The van der Waals surface area contributed by atoms with Crippen LogP contribution in [0.2, 0.25) is 0 Å². The minimum atomic E-state index is -3.75. The first-order chi connectivity index (χ1) is 9.38. The van der Waals surface area contributed by atoms with Crippen molar-refractivity contribution in [1.29, 1.82) is 0 Å². The highest BCUT2D eigenvalue weighted by molar-refractivity contribution is 7.92. The minimum Gasteiger partial charge on any atom is -0.477 e. The monoisotopic (exact) mass is 292 g/mol. The predicted molar refractivity (Wildman–Crippen MR) is 73.2 cm³/mol. The average molecular weight is 292 g/mol. The zero-order valence-electron chi connectivity index (χ0n) is 10.6. The van der Waals surface area contributed by atoms with Crippen LogP contribution in [0, 0.1) is 6.92 Å². The van der Waals surface area contributed by atoms with Gasteiger partial charge in [-0.15, -0.1) is 0 Å². The molecule has 104 valence electrons. The number of hydrogen-bond acceptors (Lipinski definition) is 4. The van der Waals surface area contributed by atoms with Crippen molar-refractivity contribution < 1.29 is 18.3 Å². The number of aromatic carboxylic acids is 1. The number of aromatic nitrogens is 1. The molecule has 0 spiro atoms. The molecule has 0 bridgehead atoms. The van der Waals surface area contributed by atoms with E-state index < -0.39 is 16.0 Å². The van der Waals surface area contributed by atoms with E-state index in [2.05, 4.69) is 9.71 Å². The van der Waals surface area contributed by atoms with Crippen LogP contribution in [0.25, 0.3) is 0 Å². The van der Waals surface area contributed by atoms with Crippen molar-refractivity contribution in [2.75, 3.05) is 4.72 Å². The number of nitrogens with zero attached hydrogens (tertiary/aromatic N) is 1. The molecule has 7 heteroatoms. The second kappa shape index (κ2) is 5.30. The number of pyridine rings is 1. The molecule has 0 aliphatic heterocycles. The van der Waals surface area contributed by atoms with Crippen LogP contribution in [0.5, 0.6) is 0 Å². The Kier molecular flexibility index (Phi) is 3.71. The summed E-state index contributed by atoms with van der Waals surface area (Å²) < 4.78 is 26.6. The molecule has 2 rings (SSSR count). The number of anilines is 1. The summed E-state index contributed by atoms with van der Waals surface area (Å²) in [7, 11) is -3.75. The van der Waals surface area contributed by atoms with E-state index in [1.807, 2.05) is 0 Å². The minimum absolute atomic E-state index is 0.117. The normalized spacial score (nSPS) is 11.1. The SMILES string of the molecule is Cc1cccc(S(=O)(=O)Nc2ccnc(C(=O)O)c2)c1. The number of benzene rings is 1. The lowest BCUT2D eigenvalue weighted by molar-refractivity contribution is 0.0690. The molecule has 20 heavy (non-hydrogen) atoms. The third kappa shape index (κ3) is 3.12. The van der Waals surface area contributed by atoms with Gasteiger partial charge in [0.05, 0.1) is 10.6 Å². The first-order valence-corrected chi connectivity index (χ1v) is 7.16. The summed E-state index contributed by atoms with van der Waals surface area (Å²) in [5, 5.41) is 8.82. The smallest absolute Gasteiger partial charge is 0.354 e. The van der Waals surface area contributed by atoms with E-state index in [4.69, 9.17) is 5.11 Å². The predicted octanol–water partition coefficient (Wildman–Crippen LogP) is 1.89. The van der Waals surface area contributed by atoms with Gasteiger partial charge in [0.25, 0.3) is 10.0 Å². The number of sulfonamides is 1. The summed E-state index contributed by atoms with van der Waals surface area (Å²) in [4.78, 5) is 14.5. The quantitative estimate of drug-likeness (QED) is 0.897. The van der Waals surface area contributed by atoms with Gasteiger partial charge in [-0.1, -0.05) is 12.1 Å². The summed E-state index contributed by atoms with van der Waals surface area (Å²) in [6, 6.07) is 8.97. The van der Waals surface area contributed by atoms with Crippen molar-refractivity contribution in [2.24, 2.45) is 0 Å². The van der Waals surface area contributed by atoms with Crippen molar-refractivity contribution in [3.63, 3.8) is 0 Å². The van der Waals surface area contributed by atoms with Gasteiger partial charge in [-0.05, 0) is 36.8 Å². The molecule has 2 aromatic rings. The van der Waals surface area contributed by atoms with Gasteiger partial charge in [0.15, 0.2) is 0 Å². The summed E-state index contributed by atoms with van der Waals surface area (Å²) in [5.74, 6) is -1.22. The first-order valence-electron chi connectivity index (χ1n) is 5.67. The van der Waals surface area contributed by atoms with Gasteiger partial charge in [-0.25, -0.2) is 18.2 Å². The van der Waals surface area contributed by atoms with Crippen LogP contribution in [0.15, 0.2) is 47.5 Å². The maximum atomic E-state index is 12.2. The molecule has 1 aromatic heterocycles. The third-order valence-corrected chi connectivity index (χ3v) is 3.91. The van der Waals surface area contributed by atoms with Crippen LogP contribution in [0.4, 0.5) is 5.69 Å². The maximum Gasteiger partial charge on any atom is 0.354 e. The van der Waals surface area contributed by atoms with Gasteiger partial charge in [-0.3, -0.25) is 4.72 Å². The van der Waals surface area contributed by atoms with Crippen LogP contribution in [0.3, 0.4) is 0 Å². The molecule has 0 saturated carbocycles. The number of carboxylic acid groups (broad SMARTS) is 1. The molecule has 6 nitrogen and oxygen atoms in total. The number of aryl methyl sites for hydroxylation is 1. The van der Waals surface area contributed by atoms with E-state index in [0.717, 1.165) is 11.6 Å². The van der Waals surface area contributed by atoms with Gasteiger partial charge in [-0.2, -0.15) is 0 Å². The van der Waals surface area contributed by atoms with E-state index in [1.54, 1.807) is 19.1 Å². The molecule has 0 aliphatic carbocycles. The van der Waals surface area contributed by atoms with E-state index in [0.29, 0.717) is 0 Å². The standard InChI is InChI=1S/C13H12N2O4S/c1-9-3-2-4-11(7-9)20(18,19)15-10-5-6-14-12(8-10)13(16)17/h2-8H,1H3,(H,14,15)(H,16,17). The van der Waals surface area contributed by atoms with Gasteiger partial charge >= 0.3 is 5.97 Å². The summed E-state index contributed by atoms with van der Waals surface area (Å²) in [6.45, 7) is 1.79.